The van der Waals surface area contributed by atoms with Gasteiger partial charge in [-0.2, -0.15) is 4.98 Å². The van der Waals surface area contributed by atoms with Crippen molar-refractivity contribution in [1.29, 1.82) is 0 Å². The van der Waals surface area contributed by atoms with Gasteiger partial charge in [-0.3, -0.25) is 0 Å². The van der Waals surface area contributed by atoms with E-state index in [1.54, 1.807) is 0 Å². The van der Waals surface area contributed by atoms with Crippen LogP contribution in [0.25, 0.3) is 0 Å². The molecule has 0 bridgehead atoms. The summed E-state index contributed by atoms with van der Waals surface area (Å²) in [6, 6.07) is 0.342. The van der Waals surface area contributed by atoms with Gasteiger partial charge in [0.2, 0.25) is 5.88 Å². The van der Waals surface area contributed by atoms with Gasteiger partial charge in [-0.1, -0.05) is 19.8 Å². The van der Waals surface area contributed by atoms with Gasteiger partial charge >= 0.3 is 0 Å². The minimum absolute atomic E-state index is 0.0487. The molecule has 0 aromatic carbocycles. The van der Waals surface area contributed by atoms with Gasteiger partial charge < -0.3 is 15.8 Å². The molecule has 18 heavy (non-hydrogen) atoms. The van der Waals surface area contributed by atoms with E-state index < -0.39 is 0 Å². The fourth-order valence-electron chi connectivity index (χ4n) is 1.63. The average molecular weight is 252 g/mol. The molecule has 0 saturated carbocycles. The Morgan fingerprint density at radius 2 is 2.06 bits per heavy atom. The van der Waals surface area contributed by atoms with Crippen LogP contribution in [-0.4, -0.2) is 22.1 Å². The smallest absolute Gasteiger partial charge is 0.242 e. The number of nitrogens with one attached hydrogen (secondary N) is 1. The standard InChI is InChI=1S/C13H24N4O/c1-5-6-7-10(4)17-12-11(14)13(16-8-15-12)18-9(2)3/h8-10H,5-7,14H2,1-4H3,(H,15,16,17). The van der Waals surface area contributed by atoms with E-state index >= 15 is 0 Å². The van der Waals surface area contributed by atoms with Gasteiger partial charge in [-0.25, -0.2) is 4.98 Å². The molecule has 0 radical (unpaired) electrons. The van der Waals surface area contributed by atoms with Gasteiger partial charge in [0, 0.05) is 6.04 Å². The van der Waals surface area contributed by atoms with Crippen LogP contribution in [0.2, 0.25) is 0 Å². The first-order valence-electron chi connectivity index (χ1n) is 6.58. The number of nitrogens with zero attached hydrogens (tertiary/aromatic N) is 2. The third-order valence-electron chi connectivity index (χ3n) is 2.57. The van der Waals surface area contributed by atoms with E-state index in [1.165, 1.54) is 19.2 Å². The Morgan fingerprint density at radius 3 is 2.67 bits per heavy atom. The van der Waals surface area contributed by atoms with E-state index in [-0.39, 0.29) is 6.10 Å². The van der Waals surface area contributed by atoms with Crippen LogP contribution < -0.4 is 15.8 Å². The third kappa shape index (κ3) is 4.39. The minimum Gasteiger partial charge on any atom is -0.473 e. The molecule has 0 saturated heterocycles. The quantitative estimate of drug-likeness (QED) is 0.780. The zero-order valence-corrected chi connectivity index (χ0v) is 11.7. The van der Waals surface area contributed by atoms with Crippen LogP contribution in [0.15, 0.2) is 6.33 Å². The van der Waals surface area contributed by atoms with Gasteiger partial charge in [-0.15, -0.1) is 0 Å². The maximum Gasteiger partial charge on any atom is 0.242 e. The largest absolute Gasteiger partial charge is 0.473 e. The van der Waals surface area contributed by atoms with Crippen molar-refractivity contribution in [2.24, 2.45) is 0 Å². The molecule has 1 aromatic rings. The number of hydrogen-bond acceptors (Lipinski definition) is 5. The van der Waals surface area contributed by atoms with Crippen LogP contribution in [-0.2, 0) is 0 Å². The fourth-order valence-corrected chi connectivity index (χ4v) is 1.63. The number of rotatable bonds is 7. The number of unbranched alkanes of at least 4 members (excludes halogenated alkanes) is 1. The molecule has 0 amide bonds. The van der Waals surface area contributed by atoms with E-state index in [0.29, 0.717) is 23.4 Å². The van der Waals surface area contributed by atoms with Crippen LogP contribution in [0.3, 0.4) is 0 Å². The zero-order valence-electron chi connectivity index (χ0n) is 11.7. The fraction of sp³-hybridized carbons (Fsp3) is 0.692. The summed E-state index contributed by atoms with van der Waals surface area (Å²) in [7, 11) is 0. The molecule has 1 rings (SSSR count). The Bertz CT molecular complexity index is 368. The van der Waals surface area contributed by atoms with Crippen LogP contribution in [0.5, 0.6) is 5.88 Å². The average Bonchev–Trinajstić information content (AvgIpc) is 2.31. The van der Waals surface area contributed by atoms with Gasteiger partial charge in [0.05, 0.1) is 6.10 Å². The van der Waals surface area contributed by atoms with E-state index in [9.17, 15) is 0 Å². The highest BCUT2D eigenvalue weighted by Crippen LogP contribution is 2.26. The summed E-state index contributed by atoms with van der Waals surface area (Å²) in [5.41, 5.74) is 6.48. The Hall–Kier alpha value is -1.52. The molecule has 5 nitrogen and oxygen atoms in total. The Kier molecular flexibility index (Phi) is 5.68. The third-order valence-corrected chi connectivity index (χ3v) is 2.57. The highest BCUT2D eigenvalue weighted by atomic mass is 16.5. The Labute approximate surface area is 109 Å². The summed E-state index contributed by atoms with van der Waals surface area (Å²) in [4.78, 5) is 8.22. The monoisotopic (exact) mass is 252 g/mol. The predicted molar refractivity (Wildman–Crippen MR) is 74.8 cm³/mol. The van der Waals surface area contributed by atoms with Crippen LogP contribution in [0.1, 0.15) is 47.0 Å². The van der Waals surface area contributed by atoms with Gasteiger partial charge in [0.15, 0.2) is 5.82 Å². The molecular formula is C13H24N4O. The molecule has 3 N–H and O–H groups in total. The van der Waals surface area contributed by atoms with Gasteiger partial charge in [-0.05, 0) is 27.2 Å². The normalized spacial score (nSPS) is 12.5. The predicted octanol–water partition coefficient (Wildman–Crippen LogP) is 2.84. The summed E-state index contributed by atoms with van der Waals surface area (Å²) < 4.78 is 5.53. The highest BCUT2D eigenvalue weighted by Gasteiger charge is 2.12. The number of aromatic nitrogens is 2. The lowest BCUT2D eigenvalue weighted by atomic mass is 10.1. The van der Waals surface area contributed by atoms with Crippen molar-refractivity contribution in [3.63, 3.8) is 0 Å². The van der Waals surface area contributed by atoms with Crippen LogP contribution in [0, 0.1) is 0 Å². The molecule has 102 valence electrons. The highest BCUT2D eigenvalue weighted by molar-refractivity contribution is 5.66. The molecule has 1 aromatic heterocycles. The molecule has 0 aliphatic rings. The number of hydrogen-bond donors (Lipinski definition) is 2. The second-order valence-electron chi connectivity index (χ2n) is 4.80. The lowest BCUT2D eigenvalue weighted by molar-refractivity contribution is 0.234. The van der Waals surface area contributed by atoms with Crippen molar-refractivity contribution in [2.75, 3.05) is 11.1 Å². The van der Waals surface area contributed by atoms with Crippen molar-refractivity contribution < 1.29 is 4.74 Å². The summed E-state index contributed by atoms with van der Waals surface area (Å²) in [6.07, 6.45) is 5.00. The van der Waals surface area contributed by atoms with E-state index in [2.05, 4.69) is 29.1 Å². The van der Waals surface area contributed by atoms with Crippen molar-refractivity contribution >= 4 is 11.5 Å². The minimum atomic E-state index is 0.0487. The molecule has 1 heterocycles. The van der Waals surface area contributed by atoms with Crippen LogP contribution in [0.4, 0.5) is 11.5 Å². The first kappa shape index (κ1) is 14.5. The maximum absolute atomic E-state index is 6.00. The zero-order chi connectivity index (χ0) is 13.5. The molecule has 0 aliphatic heterocycles. The van der Waals surface area contributed by atoms with Gasteiger partial charge in [0.1, 0.15) is 12.0 Å². The number of nitrogen functional groups attached to an aromatic ring is 1. The van der Waals surface area contributed by atoms with Crippen molar-refractivity contribution in [1.82, 2.24) is 9.97 Å². The molecule has 0 aliphatic carbocycles. The lowest BCUT2D eigenvalue weighted by Gasteiger charge is -2.17. The summed E-state index contributed by atoms with van der Waals surface area (Å²) >= 11 is 0. The van der Waals surface area contributed by atoms with Gasteiger partial charge in [0.25, 0.3) is 0 Å². The summed E-state index contributed by atoms with van der Waals surface area (Å²) in [5, 5.41) is 3.30. The topological polar surface area (TPSA) is 73.1 Å². The Morgan fingerprint density at radius 1 is 1.33 bits per heavy atom. The summed E-state index contributed by atoms with van der Waals surface area (Å²) in [5.74, 6) is 1.11. The van der Waals surface area contributed by atoms with Crippen LogP contribution >= 0.6 is 0 Å². The SMILES string of the molecule is CCCCC(C)Nc1ncnc(OC(C)C)c1N. The maximum atomic E-state index is 6.00. The second kappa shape index (κ2) is 7.03. The van der Waals surface area contributed by atoms with Crippen molar-refractivity contribution in [3.8, 4) is 5.88 Å². The molecule has 0 spiro atoms. The number of nitrogens with two attached hydrogens (primary N) is 1. The molecular weight excluding hydrogens is 228 g/mol. The molecule has 1 unspecified atom stereocenters. The second-order valence-corrected chi connectivity index (χ2v) is 4.80. The molecule has 5 heteroatoms. The first-order valence-corrected chi connectivity index (χ1v) is 6.58. The molecule has 1 atom stereocenters. The molecule has 0 fully saturated rings. The van der Waals surface area contributed by atoms with E-state index in [4.69, 9.17) is 10.5 Å². The lowest BCUT2D eigenvalue weighted by Crippen LogP contribution is -2.18. The van der Waals surface area contributed by atoms with Crippen molar-refractivity contribution in [3.05, 3.63) is 6.33 Å². The first-order chi connectivity index (χ1) is 8.54. The van der Waals surface area contributed by atoms with Crippen molar-refractivity contribution in [2.45, 2.75) is 59.1 Å². The Balaban J connectivity index is 2.71. The number of ether oxygens (including phenoxy) is 1. The summed E-state index contributed by atoms with van der Waals surface area (Å²) in [6.45, 7) is 8.19. The van der Waals surface area contributed by atoms with E-state index in [0.717, 1.165) is 6.42 Å². The van der Waals surface area contributed by atoms with E-state index in [1.807, 2.05) is 13.8 Å². The number of anilines is 2.